The maximum absolute atomic E-state index is 12.1. The van der Waals surface area contributed by atoms with Gasteiger partial charge in [-0.15, -0.1) is 0 Å². The van der Waals surface area contributed by atoms with Crippen molar-refractivity contribution in [2.45, 2.75) is 12.8 Å². The van der Waals surface area contributed by atoms with Crippen LogP contribution in [0.4, 0.5) is 0 Å². The van der Waals surface area contributed by atoms with Crippen LogP contribution in [0.5, 0.6) is 5.75 Å². The zero-order chi connectivity index (χ0) is 12.3. The van der Waals surface area contributed by atoms with Crippen molar-refractivity contribution < 1.29 is 15.0 Å². The molecule has 1 aromatic heterocycles. The molecule has 17 heavy (non-hydrogen) atoms. The van der Waals surface area contributed by atoms with Crippen LogP contribution >= 0.6 is 0 Å². The van der Waals surface area contributed by atoms with Gasteiger partial charge in [0.05, 0.1) is 0 Å². The van der Waals surface area contributed by atoms with Crippen molar-refractivity contribution in [2.75, 3.05) is 19.7 Å². The Morgan fingerprint density at radius 1 is 1.47 bits per heavy atom. The average Bonchev–Trinajstić information content (AvgIpc) is 2.39. The molecule has 0 saturated carbocycles. The molecular formula is C12H16N2O3. The number of pyridine rings is 1. The lowest BCUT2D eigenvalue weighted by molar-refractivity contribution is 0.0642. The number of carbonyl (C=O) groups excluding carboxylic acids is 1. The van der Waals surface area contributed by atoms with E-state index >= 15 is 0 Å². The van der Waals surface area contributed by atoms with Crippen LogP contribution in [0.1, 0.15) is 23.3 Å². The van der Waals surface area contributed by atoms with E-state index in [0.717, 1.165) is 12.8 Å². The number of nitrogens with zero attached hydrogens (tertiary/aromatic N) is 2. The quantitative estimate of drug-likeness (QED) is 0.790. The van der Waals surface area contributed by atoms with E-state index in [1.165, 1.54) is 12.3 Å². The molecule has 0 spiro atoms. The molecule has 5 nitrogen and oxygen atoms in total. The number of carbonyl (C=O) groups is 1. The molecule has 5 heteroatoms. The molecule has 0 aliphatic carbocycles. The number of aliphatic hydroxyl groups excluding tert-OH is 1. The second-order valence-electron chi connectivity index (χ2n) is 4.29. The average molecular weight is 236 g/mol. The first-order valence-corrected chi connectivity index (χ1v) is 5.76. The number of aromatic hydroxyl groups is 1. The van der Waals surface area contributed by atoms with Crippen molar-refractivity contribution in [3.05, 3.63) is 24.0 Å². The van der Waals surface area contributed by atoms with Crippen molar-refractivity contribution in [2.24, 2.45) is 5.92 Å². The summed E-state index contributed by atoms with van der Waals surface area (Å²) in [5.74, 6) is -0.0300. The standard InChI is InChI=1S/C12H16N2O3/c15-8-9-3-6-14(7-4-9)12(17)11-10(16)2-1-5-13-11/h1-2,5,9,15-16H,3-4,6-8H2. The summed E-state index contributed by atoms with van der Waals surface area (Å²) in [6, 6.07) is 3.05. The molecule has 0 atom stereocenters. The highest BCUT2D eigenvalue weighted by atomic mass is 16.3. The number of likely N-dealkylation sites (tertiary alicyclic amines) is 1. The van der Waals surface area contributed by atoms with Crippen molar-refractivity contribution in [3.63, 3.8) is 0 Å². The molecule has 1 aliphatic heterocycles. The van der Waals surface area contributed by atoms with Crippen molar-refractivity contribution in [3.8, 4) is 5.75 Å². The van der Waals surface area contributed by atoms with Crippen LogP contribution in [-0.2, 0) is 0 Å². The highest BCUT2D eigenvalue weighted by Gasteiger charge is 2.25. The molecule has 0 radical (unpaired) electrons. The van der Waals surface area contributed by atoms with E-state index < -0.39 is 0 Å². The van der Waals surface area contributed by atoms with E-state index in [0.29, 0.717) is 13.1 Å². The molecule has 0 aromatic carbocycles. The minimum absolute atomic E-state index is 0.0817. The summed E-state index contributed by atoms with van der Waals surface area (Å²) < 4.78 is 0. The van der Waals surface area contributed by atoms with Crippen LogP contribution < -0.4 is 0 Å². The van der Waals surface area contributed by atoms with Crippen LogP contribution in [0, 0.1) is 5.92 Å². The Bertz CT molecular complexity index is 400. The summed E-state index contributed by atoms with van der Waals surface area (Å²) in [6.07, 6.45) is 3.10. The Morgan fingerprint density at radius 3 is 2.76 bits per heavy atom. The fourth-order valence-corrected chi connectivity index (χ4v) is 2.03. The van der Waals surface area contributed by atoms with Gasteiger partial charge >= 0.3 is 0 Å². The molecule has 0 bridgehead atoms. The minimum atomic E-state index is -0.237. The number of aromatic nitrogens is 1. The van der Waals surface area contributed by atoms with E-state index in [-0.39, 0.29) is 29.9 Å². The highest BCUT2D eigenvalue weighted by molar-refractivity contribution is 5.94. The van der Waals surface area contributed by atoms with Gasteiger partial charge in [0.1, 0.15) is 5.75 Å². The summed E-state index contributed by atoms with van der Waals surface area (Å²) in [6.45, 7) is 1.40. The second-order valence-corrected chi connectivity index (χ2v) is 4.29. The second kappa shape index (κ2) is 5.14. The fourth-order valence-electron chi connectivity index (χ4n) is 2.03. The highest BCUT2D eigenvalue weighted by Crippen LogP contribution is 2.20. The van der Waals surface area contributed by atoms with E-state index in [1.807, 2.05) is 0 Å². The summed E-state index contributed by atoms with van der Waals surface area (Å²) in [5, 5.41) is 18.6. The maximum atomic E-state index is 12.1. The molecule has 2 N–H and O–H groups in total. The number of hydrogen-bond acceptors (Lipinski definition) is 4. The lowest BCUT2D eigenvalue weighted by Crippen LogP contribution is -2.39. The molecule has 92 valence electrons. The SMILES string of the molecule is O=C(c1ncccc1O)N1CCC(CO)CC1. The maximum Gasteiger partial charge on any atom is 0.276 e. The van der Waals surface area contributed by atoms with Gasteiger partial charge in [-0.1, -0.05) is 0 Å². The number of hydrogen-bond donors (Lipinski definition) is 2. The van der Waals surface area contributed by atoms with Crippen molar-refractivity contribution in [1.82, 2.24) is 9.88 Å². The van der Waals surface area contributed by atoms with Gasteiger partial charge in [0.25, 0.3) is 5.91 Å². The first-order valence-electron chi connectivity index (χ1n) is 5.76. The number of amides is 1. The Kier molecular flexibility index (Phi) is 3.58. The zero-order valence-corrected chi connectivity index (χ0v) is 9.54. The first kappa shape index (κ1) is 11.9. The first-order chi connectivity index (χ1) is 8.22. The lowest BCUT2D eigenvalue weighted by atomic mass is 9.97. The third-order valence-electron chi connectivity index (χ3n) is 3.15. The molecule has 1 amide bonds. The van der Waals surface area contributed by atoms with Crippen LogP contribution in [0.15, 0.2) is 18.3 Å². The Morgan fingerprint density at radius 2 is 2.18 bits per heavy atom. The fraction of sp³-hybridized carbons (Fsp3) is 0.500. The Labute approximate surface area is 99.7 Å². The number of rotatable bonds is 2. The minimum Gasteiger partial charge on any atom is -0.505 e. The normalized spacial score (nSPS) is 17.1. The van der Waals surface area contributed by atoms with Crippen LogP contribution in [0.25, 0.3) is 0 Å². The summed E-state index contributed by atoms with van der Waals surface area (Å²) >= 11 is 0. The third kappa shape index (κ3) is 2.55. The zero-order valence-electron chi connectivity index (χ0n) is 9.54. The predicted octanol–water partition coefficient (Wildman–Crippen LogP) is 0.632. The molecule has 1 aromatic rings. The van der Waals surface area contributed by atoms with Gasteiger partial charge in [0, 0.05) is 25.9 Å². The van der Waals surface area contributed by atoms with Crippen molar-refractivity contribution in [1.29, 1.82) is 0 Å². The monoisotopic (exact) mass is 236 g/mol. The van der Waals surface area contributed by atoms with Gasteiger partial charge in [0.2, 0.25) is 0 Å². The topological polar surface area (TPSA) is 73.7 Å². The van der Waals surface area contributed by atoms with Gasteiger partial charge in [-0.3, -0.25) is 4.79 Å². The molecule has 1 fully saturated rings. The van der Waals surface area contributed by atoms with E-state index in [2.05, 4.69) is 4.98 Å². The molecule has 2 rings (SSSR count). The smallest absolute Gasteiger partial charge is 0.276 e. The molecular weight excluding hydrogens is 220 g/mol. The summed E-state index contributed by atoms with van der Waals surface area (Å²) in [7, 11) is 0. The van der Waals surface area contributed by atoms with Crippen molar-refractivity contribution >= 4 is 5.91 Å². The predicted molar refractivity (Wildman–Crippen MR) is 61.6 cm³/mol. The van der Waals surface area contributed by atoms with Crippen LogP contribution in [-0.4, -0.2) is 45.7 Å². The summed E-state index contributed by atoms with van der Waals surface area (Å²) in [5.41, 5.74) is 0.106. The molecule has 1 aliphatic rings. The van der Waals surface area contributed by atoms with Gasteiger partial charge in [-0.05, 0) is 30.9 Å². The van der Waals surface area contributed by atoms with Gasteiger partial charge in [-0.25, -0.2) is 4.98 Å². The van der Waals surface area contributed by atoms with E-state index in [1.54, 1.807) is 11.0 Å². The largest absolute Gasteiger partial charge is 0.505 e. The number of piperidine rings is 1. The van der Waals surface area contributed by atoms with Gasteiger partial charge in [0.15, 0.2) is 5.69 Å². The van der Waals surface area contributed by atoms with E-state index in [9.17, 15) is 9.90 Å². The van der Waals surface area contributed by atoms with Crippen LogP contribution in [0.2, 0.25) is 0 Å². The summed E-state index contributed by atoms with van der Waals surface area (Å²) in [4.78, 5) is 17.6. The molecule has 0 unspecified atom stereocenters. The Balaban J connectivity index is 2.04. The molecule has 2 heterocycles. The van der Waals surface area contributed by atoms with E-state index in [4.69, 9.17) is 5.11 Å². The lowest BCUT2D eigenvalue weighted by Gasteiger charge is -2.30. The molecule has 1 saturated heterocycles. The van der Waals surface area contributed by atoms with Gasteiger partial charge in [-0.2, -0.15) is 0 Å². The van der Waals surface area contributed by atoms with Crippen LogP contribution in [0.3, 0.4) is 0 Å². The Hall–Kier alpha value is -1.62. The third-order valence-corrected chi connectivity index (χ3v) is 3.15. The van der Waals surface area contributed by atoms with Gasteiger partial charge < -0.3 is 15.1 Å². The number of aliphatic hydroxyl groups is 1.